The second-order valence-corrected chi connectivity index (χ2v) is 6.69. The molecule has 0 aliphatic carbocycles. The Morgan fingerprint density at radius 2 is 2.08 bits per heavy atom. The lowest BCUT2D eigenvalue weighted by atomic mass is 10.0. The van der Waals surface area contributed by atoms with Crippen LogP contribution in [0.25, 0.3) is 10.9 Å². The van der Waals surface area contributed by atoms with E-state index in [1.807, 2.05) is 53.4 Å². The van der Waals surface area contributed by atoms with Gasteiger partial charge in [-0.1, -0.05) is 41.9 Å². The molecule has 0 saturated carbocycles. The molecule has 26 heavy (non-hydrogen) atoms. The molecule has 2 heterocycles. The molecule has 1 saturated heterocycles. The number of nitrogens with zero attached hydrogens (tertiary/aromatic N) is 2. The fourth-order valence-corrected chi connectivity index (χ4v) is 3.61. The lowest BCUT2D eigenvalue weighted by Crippen LogP contribution is -2.49. The second kappa shape index (κ2) is 8.08. The van der Waals surface area contributed by atoms with Crippen LogP contribution in [0.3, 0.4) is 0 Å². The molecular formula is C19H20Cl2N4O. The van der Waals surface area contributed by atoms with Gasteiger partial charge in [0.1, 0.15) is 0 Å². The van der Waals surface area contributed by atoms with E-state index in [2.05, 4.69) is 15.5 Å². The minimum atomic E-state index is -0.00543. The van der Waals surface area contributed by atoms with Gasteiger partial charge in [-0.3, -0.25) is 9.89 Å². The first-order valence-corrected chi connectivity index (χ1v) is 8.78. The third-order valence-corrected chi connectivity index (χ3v) is 4.90. The van der Waals surface area contributed by atoms with E-state index in [1.165, 1.54) is 0 Å². The summed E-state index contributed by atoms with van der Waals surface area (Å²) in [5.41, 5.74) is 2.81. The summed E-state index contributed by atoms with van der Waals surface area (Å²) in [5, 5.41) is 12.4. The van der Waals surface area contributed by atoms with Crippen LogP contribution >= 0.6 is 24.0 Å². The highest BCUT2D eigenvalue weighted by Gasteiger charge is 2.28. The number of aromatic nitrogens is 2. The van der Waals surface area contributed by atoms with Crippen molar-refractivity contribution in [2.45, 2.75) is 12.5 Å². The number of fused-ring (bicyclic) bond motifs is 1. The number of benzene rings is 2. The number of hydrogen-bond acceptors (Lipinski definition) is 3. The molecule has 3 aromatic rings. The highest BCUT2D eigenvalue weighted by Crippen LogP contribution is 2.26. The van der Waals surface area contributed by atoms with Crippen molar-refractivity contribution in [1.29, 1.82) is 0 Å². The molecule has 1 unspecified atom stereocenters. The summed E-state index contributed by atoms with van der Waals surface area (Å²) in [7, 11) is 0. The van der Waals surface area contributed by atoms with Crippen molar-refractivity contribution in [2.75, 3.05) is 19.6 Å². The van der Waals surface area contributed by atoms with Gasteiger partial charge in [-0.2, -0.15) is 5.10 Å². The fourth-order valence-electron chi connectivity index (χ4n) is 3.42. The molecule has 1 aromatic heterocycles. The maximum Gasteiger partial charge on any atom is 0.229 e. The Balaban J connectivity index is 0.00000196. The molecule has 4 rings (SSSR count). The first-order valence-electron chi connectivity index (χ1n) is 8.40. The van der Waals surface area contributed by atoms with E-state index in [0.717, 1.165) is 35.2 Å². The van der Waals surface area contributed by atoms with E-state index >= 15 is 0 Å². The molecular weight excluding hydrogens is 371 g/mol. The highest BCUT2D eigenvalue weighted by atomic mass is 35.5. The minimum absolute atomic E-state index is 0. The number of carbonyl (C=O) groups excluding carboxylic acids is 1. The number of para-hydroxylation sites is 1. The number of aromatic amines is 1. The molecule has 0 radical (unpaired) electrons. The van der Waals surface area contributed by atoms with Crippen molar-refractivity contribution in [2.24, 2.45) is 0 Å². The molecule has 1 amide bonds. The number of halogens is 2. The van der Waals surface area contributed by atoms with Gasteiger partial charge in [-0.15, -0.1) is 12.4 Å². The smallest absolute Gasteiger partial charge is 0.229 e. The zero-order chi connectivity index (χ0) is 17.2. The van der Waals surface area contributed by atoms with E-state index < -0.39 is 0 Å². The first-order chi connectivity index (χ1) is 12.2. The van der Waals surface area contributed by atoms with Gasteiger partial charge in [-0.25, -0.2) is 0 Å². The van der Waals surface area contributed by atoms with Crippen LogP contribution in [0.1, 0.15) is 17.3 Å². The quantitative estimate of drug-likeness (QED) is 0.720. The van der Waals surface area contributed by atoms with Gasteiger partial charge in [0.2, 0.25) is 5.91 Å². The number of nitrogens with one attached hydrogen (secondary N) is 2. The van der Waals surface area contributed by atoms with Crippen LogP contribution < -0.4 is 5.32 Å². The van der Waals surface area contributed by atoms with E-state index in [9.17, 15) is 4.79 Å². The summed E-state index contributed by atoms with van der Waals surface area (Å²) < 4.78 is 0. The number of hydrogen-bond donors (Lipinski definition) is 2. The van der Waals surface area contributed by atoms with E-state index in [4.69, 9.17) is 11.6 Å². The Bertz CT molecular complexity index is 911. The molecule has 1 aliphatic heterocycles. The predicted octanol–water partition coefficient (Wildman–Crippen LogP) is 3.35. The average molecular weight is 391 g/mol. The Morgan fingerprint density at radius 3 is 2.92 bits per heavy atom. The van der Waals surface area contributed by atoms with Crippen LogP contribution in [-0.4, -0.2) is 40.6 Å². The Kier molecular flexibility index (Phi) is 5.81. The van der Waals surface area contributed by atoms with Gasteiger partial charge in [-0.05, 0) is 23.8 Å². The van der Waals surface area contributed by atoms with Crippen LogP contribution in [0.5, 0.6) is 0 Å². The van der Waals surface area contributed by atoms with Crippen LogP contribution in [-0.2, 0) is 11.2 Å². The van der Waals surface area contributed by atoms with Gasteiger partial charge >= 0.3 is 0 Å². The van der Waals surface area contributed by atoms with Crippen molar-refractivity contribution >= 4 is 40.8 Å². The van der Waals surface area contributed by atoms with Gasteiger partial charge in [0.25, 0.3) is 0 Å². The molecule has 2 N–H and O–H groups in total. The van der Waals surface area contributed by atoms with Crippen LogP contribution in [0.4, 0.5) is 0 Å². The largest absolute Gasteiger partial charge is 0.333 e. The summed E-state index contributed by atoms with van der Waals surface area (Å²) >= 11 is 6.13. The van der Waals surface area contributed by atoms with Crippen LogP contribution in [0, 0.1) is 0 Å². The predicted molar refractivity (Wildman–Crippen MR) is 106 cm³/mol. The molecule has 136 valence electrons. The molecule has 0 bridgehead atoms. The van der Waals surface area contributed by atoms with Crippen molar-refractivity contribution in [3.8, 4) is 0 Å². The van der Waals surface area contributed by atoms with Crippen molar-refractivity contribution in [1.82, 2.24) is 20.4 Å². The topological polar surface area (TPSA) is 61.0 Å². The van der Waals surface area contributed by atoms with Gasteiger partial charge < -0.3 is 10.2 Å². The maximum atomic E-state index is 13.0. The van der Waals surface area contributed by atoms with Crippen molar-refractivity contribution < 1.29 is 4.79 Å². The third kappa shape index (κ3) is 3.70. The number of piperazine rings is 1. The summed E-state index contributed by atoms with van der Waals surface area (Å²) in [5.74, 6) is 0.0980. The van der Waals surface area contributed by atoms with Gasteiger partial charge in [0, 0.05) is 30.0 Å². The standard InChI is InChI=1S/C19H19ClN4O.ClH/c20-14-5-3-4-13(10-14)18-12-21-8-9-24(18)19(25)11-17-15-6-1-2-7-16(15)22-23-17;/h1-7,10,18,21H,8-9,11-12H2,(H,22,23);1H. The van der Waals surface area contributed by atoms with E-state index in [-0.39, 0.29) is 24.4 Å². The van der Waals surface area contributed by atoms with Crippen molar-refractivity contribution in [3.05, 3.63) is 64.8 Å². The monoisotopic (exact) mass is 390 g/mol. The second-order valence-electron chi connectivity index (χ2n) is 6.26. The number of amides is 1. The number of carbonyl (C=O) groups is 1. The molecule has 7 heteroatoms. The molecule has 1 fully saturated rings. The fraction of sp³-hybridized carbons (Fsp3) is 0.263. The summed E-state index contributed by atoms with van der Waals surface area (Å²) in [6.45, 7) is 2.21. The first kappa shape index (κ1) is 18.7. The molecule has 2 aromatic carbocycles. The average Bonchev–Trinajstić information content (AvgIpc) is 3.05. The summed E-state index contributed by atoms with van der Waals surface area (Å²) in [6, 6.07) is 15.6. The lowest BCUT2D eigenvalue weighted by molar-refractivity contribution is -0.133. The summed E-state index contributed by atoms with van der Waals surface area (Å²) in [4.78, 5) is 14.9. The normalized spacial score (nSPS) is 17.1. The lowest BCUT2D eigenvalue weighted by Gasteiger charge is -2.36. The Hall–Kier alpha value is -2.08. The van der Waals surface area contributed by atoms with Gasteiger partial charge in [0.15, 0.2) is 0 Å². The Labute approximate surface area is 163 Å². The molecule has 0 spiro atoms. The highest BCUT2D eigenvalue weighted by molar-refractivity contribution is 6.30. The SMILES string of the molecule is Cl.O=C(Cc1[nH]nc2ccccc12)N1CCNCC1c1cccc(Cl)c1. The third-order valence-electron chi connectivity index (χ3n) is 4.67. The zero-order valence-corrected chi connectivity index (χ0v) is 15.7. The van der Waals surface area contributed by atoms with E-state index in [1.54, 1.807) is 0 Å². The van der Waals surface area contributed by atoms with Crippen LogP contribution in [0.2, 0.25) is 5.02 Å². The Morgan fingerprint density at radius 1 is 1.23 bits per heavy atom. The molecule has 5 nitrogen and oxygen atoms in total. The van der Waals surface area contributed by atoms with Gasteiger partial charge in [0.05, 0.1) is 23.7 Å². The van der Waals surface area contributed by atoms with Crippen LogP contribution in [0.15, 0.2) is 48.5 Å². The minimum Gasteiger partial charge on any atom is -0.333 e. The summed E-state index contributed by atoms with van der Waals surface area (Å²) in [6.07, 6.45) is 0.317. The number of H-pyrrole nitrogens is 1. The number of rotatable bonds is 3. The molecule has 1 atom stereocenters. The van der Waals surface area contributed by atoms with Crippen molar-refractivity contribution in [3.63, 3.8) is 0 Å². The maximum absolute atomic E-state index is 13.0. The zero-order valence-electron chi connectivity index (χ0n) is 14.1. The van der Waals surface area contributed by atoms with E-state index in [0.29, 0.717) is 18.0 Å². The molecule has 1 aliphatic rings.